The molecule has 3 rings (SSSR count). The molecule has 1 aromatic carbocycles. The monoisotopic (exact) mass is 363 g/mol. The molecule has 0 aliphatic carbocycles. The zero-order chi connectivity index (χ0) is 18.7. The van der Waals surface area contributed by atoms with Crippen molar-refractivity contribution >= 4 is 23.5 Å². The van der Waals surface area contributed by atoms with Crippen LogP contribution in [0, 0.1) is 0 Å². The summed E-state index contributed by atoms with van der Waals surface area (Å²) in [5.74, 6) is -0.00484. The normalized spacial score (nSPS) is 17.9. The minimum absolute atomic E-state index is 0.114. The van der Waals surface area contributed by atoms with Gasteiger partial charge in [0.2, 0.25) is 11.9 Å². The first-order valence-corrected chi connectivity index (χ1v) is 8.36. The number of guanidine groups is 1. The number of nitrogens with zero attached hydrogens (tertiary/aromatic N) is 2. The molecule has 0 spiro atoms. The van der Waals surface area contributed by atoms with Crippen LogP contribution in [0.2, 0.25) is 0 Å². The van der Waals surface area contributed by atoms with Gasteiger partial charge in [0.05, 0.1) is 32.4 Å². The van der Waals surface area contributed by atoms with E-state index in [0.29, 0.717) is 49.1 Å². The molecular weight excluding hydrogens is 342 g/mol. The summed E-state index contributed by atoms with van der Waals surface area (Å²) in [6.45, 7) is 0.848. The van der Waals surface area contributed by atoms with Crippen molar-refractivity contribution in [2.24, 2.45) is 4.99 Å². The highest BCUT2D eigenvalue weighted by Gasteiger charge is 2.41. The average molecular weight is 363 g/mol. The van der Waals surface area contributed by atoms with Crippen LogP contribution in [0.3, 0.4) is 0 Å². The van der Waals surface area contributed by atoms with Crippen molar-refractivity contribution in [1.29, 1.82) is 0 Å². The number of methoxy groups -OCH3 is 1. The maximum Gasteiger partial charge on any atom is 0.305 e. The van der Waals surface area contributed by atoms with E-state index in [4.69, 9.17) is 19.7 Å². The Bertz CT molecular complexity index is 748. The molecule has 140 valence electrons. The Hall–Kier alpha value is -2.81. The van der Waals surface area contributed by atoms with E-state index < -0.39 is 12.0 Å². The molecule has 0 radical (unpaired) electrons. The maximum atomic E-state index is 12.1. The number of nitrogens with one attached hydrogen (secondary N) is 1. The van der Waals surface area contributed by atoms with E-state index in [1.165, 1.54) is 7.11 Å². The molecule has 3 N–H and O–H groups in total. The van der Waals surface area contributed by atoms with Crippen molar-refractivity contribution in [3.63, 3.8) is 0 Å². The summed E-state index contributed by atoms with van der Waals surface area (Å²) in [4.78, 5) is 29.2. The zero-order valence-corrected chi connectivity index (χ0v) is 14.4. The minimum atomic E-state index is -1.05. The van der Waals surface area contributed by atoms with Gasteiger partial charge in [0.25, 0.3) is 0 Å². The van der Waals surface area contributed by atoms with Crippen molar-refractivity contribution in [2.75, 3.05) is 20.3 Å². The number of aliphatic hydroxyl groups excluding tert-OH is 1. The fourth-order valence-electron chi connectivity index (χ4n) is 3.07. The second-order valence-electron chi connectivity index (χ2n) is 6.04. The molecule has 9 heteroatoms. The largest absolute Gasteiger partial charge is 0.492 e. The van der Waals surface area contributed by atoms with Crippen molar-refractivity contribution < 1.29 is 29.3 Å². The van der Waals surface area contributed by atoms with Gasteiger partial charge in [-0.05, 0) is 25.0 Å². The summed E-state index contributed by atoms with van der Waals surface area (Å²) >= 11 is 0. The molecular formula is C17H21N3O6. The van der Waals surface area contributed by atoms with E-state index in [-0.39, 0.29) is 18.9 Å². The number of rotatable bonds is 8. The molecule has 1 aromatic rings. The average Bonchev–Trinajstić information content (AvgIpc) is 2.90. The second kappa shape index (κ2) is 7.61. The van der Waals surface area contributed by atoms with Crippen LogP contribution < -0.4 is 14.8 Å². The van der Waals surface area contributed by atoms with Gasteiger partial charge in [0.1, 0.15) is 6.04 Å². The van der Waals surface area contributed by atoms with Gasteiger partial charge in [-0.25, -0.2) is 4.99 Å². The topological polar surface area (TPSA) is 121 Å². The Morgan fingerprint density at radius 3 is 2.92 bits per heavy atom. The van der Waals surface area contributed by atoms with Crippen LogP contribution in [-0.2, 0) is 16.1 Å². The van der Waals surface area contributed by atoms with Gasteiger partial charge in [0.15, 0.2) is 11.5 Å². The van der Waals surface area contributed by atoms with Crippen LogP contribution in [0.15, 0.2) is 17.1 Å². The summed E-state index contributed by atoms with van der Waals surface area (Å²) in [6, 6.07) is 2.72. The third kappa shape index (κ3) is 3.43. The predicted octanol–water partition coefficient (Wildman–Crippen LogP) is 0.623. The summed E-state index contributed by atoms with van der Waals surface area (Å²) < 4.78 is 11.2. The number of ether oxygens (including phenoxy) is 2. The van der Waals surface area contributed by atoms with E-state index in [1.807, 2.05) is 0 Å². The van der Waals surface area contributed by atoms with Gasteiger partial charge in [-0.1, -0.05) is 0 Å². The lowest BCUT2D eigenvalue weighted by Gasteiger charge is -2.28. The number of carbonyl (C=O) groups excluding carboxylic acids is 1. The van der Waals surface area contributed by atoms with Gasteiger partial charge in [-0.3, -0.25) is 14.9 Å². The molecule has 0 aromatic heterocycles. The van der Waals surface area contributed by atoms with E-state index in [0.717, 1.165) is 5.56 Å². The molecule has 1 unspecified atom stereocenters. The third-order valence-corrected chi connectivity index (χ3v) is 4.32. The number of carboxylic acid groups (broad SMARTS) is 1. The molecule has 1 amide bonds. The van der Waals surface area contributed by atoms with Gasteiger partial charge in [-0.2, -0.15) is 0 Å². The number of aliphatic imine (C=N–C) groups is 1. The van der Waals surface area contributed by atoms with Crippen molar-refractivity contribution in [3.8, 4) is 11.5 Å². The number of carbonyl (C=O) groups is 2. The lowest BCUT2D eigenvalue weighted by molar-refractivity contribution is -0.140. The first-order valence-electron chi connectivity index (χ1n) is 8.36. The SMILES string of the molecule is COc1c(OCCCCO)ccc2c1CN1C(=N2)NC(=O)C1CC(=O)O. The molecule has 2 aliphatic rings. The lowest BCUT2D eigenvalue weighted by atomic mass is 10.1. The molecule has 26 heavy (non-hydrogen) atoms. The lowest BCUT2D eigenvalue weighted by Crippen LogP contribution is -2.38. The van der Waals surface area contributed by atoms with Gasteiger partial charge in [0, 0.05) is 12.2 Å². The fourth-order valence-corrected chi connectivity index (χ4v) is 3.07. The quantitative estimate of drug-likeness (QED) is 0.579. The summed E-state index contributed by atoms with van der Waals surface area (Å²) in [6.07, 6.45) is 1.06. The Morgan fingerprint density at radius 1 is 1.42 bits per heavy atom. The molecule has 9 nitrogen and oxygen atoms in total. The number of unbranched alkanes of at least 4 members (excludes halogenated alkanes) is 1. The first kappa shape index (κ1) is 18.0. The summed E-state index contributed by atoms with van der Waals surface area (Å²) in [5.41, 5.74) is 1.38. The molecule has 1 atom stereocenters. The van der Waals surface area contributed by atoms with E-state index in [9.17, 15) is 9.59 Å². The van der Waals surface area contributed by atoms with Crippen LogP contribution in [0.4, 0.5) is 5.69 Å². The Kier molecular flexibility index (Phi) is 5.27. The van der Waals surface area contributed by atoms with E-state index in [2.05, 4.69) is 10.3 Å². The minimum Gasteiger partial charge on any atom is -0.492 e. The number of carboxylic acids is 1. The Balaban J connectivity index is 1.86. The van der Waals surface area contributed by atoms with Crippen LogP contribution in [-0.4, -0.2) is 59.3 Å². The summed E-state index contributed by atoms with van der Waals surface area (Å²) in [5, 5.41) is 20.5. The number of fused-ring (bicyclic) bond motifs is 2. The van der Waals surface area contributed by atoms with Crippen molar-refractivity contribution in [2.45, 2.75) is 31.8 Å². The first-order chi connectivity index (χ1) is 12.5. The highest BCUT2D eigenvalue weighted by molar-refractivity contribution is 6.08. The van der Waals surface area contributed by atoms with Crippen molar-refractivity contribution in [3.05, 3.63) is 17.7 Å². The standard InChI is InChI=1S/C17H21N3O6/c1-25-15-10-9-20-12(8-14(22)23)16(24)19-17(20)18-11(10)4-5-13(15)26-7-3-2-6-21/h4-5,12,21H,2-3,6-9H2,1H3,(H,22,23)(H,18,19,24). The smallest absolute Gasteiger partial charge is 0.305 e. The molecule has 2 heterocycles. The van der Waals surface area contributed by atoms with Crippen molar-refractivity contribution in [1.82, 2.24) is 10.2 Å². The maximum absolute atomic E-state index is 12.1. The highest BCUT2D eigenvalue weighted by atomic mass is 16.5. The Morgan fingerprint density at radius 2 is 2.23 bits per heavy atom. The number of hydrogen-bond donors (Lipinski definition) is 3. The number of aliphatic hydroxyl groups is 1. The Labute approximate surface area is 150 Å². The summed E-state index contributed by atoms with van der Waals surface area (Å²) in [7, 11) is 1.53. The van der Waals surface area contributed by atoms with Gasteiger partial charge in [-0.15, -0.1) is 0 Å². The molecule has 0 saturated carbocycles. The van der Waals surface area contributed by atoms with E-state index in [1.54, 1.807) is 17.0 Å². The number of benzene rings is 1. The molecule has 2 aliphatic heterocycles. The van der Waals surface area contributed by atoms with E-state index >= 15 is 0 Å². The van der Waals surface area contributed by atoms with Crippen LogP contribution in [0.1, 0.15) is 24.8 Å². The zero-order valence-electron chi connectivity index (χ0n) is 14.4. The molecule has 1 fully saturated rings. The predicted molar refractivity (Wildman–Crippen MR) is 91.6 cm³/mol. The fraction of sp³-hybridized carbons (Fsp3) is 0.471. The number of amides is 1. The van der Waals surface area contributed by atoms with Gasteiger partial charge < -0.3 is 24.6 Å². The molecule has 0 bridgehead atoms. The van der Waals surface area contributed by atoms with Crippen LogP contribution in [0.25, 0.3) is 0 Å². The number of hydrogen-bond acceptors (Lipinski definition) is 7. The van der Waals surface area contributed by atoms with Crippen LogP contribution >= 0.6 is 0 Å². The number of aliphatic carboxylic acids is 1. The second-order valence-corrected chi connectivity index (χ2v) is 6.04. The van der Waals surface area contributed by atoms with Crippen LogP contribution in [0.5, 0.6) is 11.5 Å². The third-order valence-electron chi connectivity index (χ3n) is 4.32. The van der Waals surface area contributed by atoms with Gasteiger partial charge >= 0.3 is 5.97 Å². The molecule has 1 saturated heterocycles. The highest BCUT2D eigenvalue weighted by Crippen LogP contribution is 2.41.